The van der Waals surface area contributed by atoms with Crippen molar-refractivity contribution in [1.29, 1.82) is 0 Å². The van der Waals surface area contributed by atoms with Gasteiger partial charge < -0.3 is 14.5 Å². The van der Waals surface area contributed by atoms with E-state index in [1.165, 1.54) is 40.7 Å². The number of hydrogen-bond acceptors (Lipinski definition) is 3. The SMILES string of the molecule is COc1cc2oc3c(c2cc1/C(C)=C/C(=O)Nc1ccc2c(c1)Cc1ccccc1-2)CCCC3. The van der Waals surface area contributed by atoms with Crippen LogP contribution in [0.2, 0.25) is 0 Å². The molecular weight excluding hydrogens is 422 g/mol. The highest BCUT2D eigenvalue weighted by atomic mass is 16.5. The molecule has 0 bridgehead atoms. The highest BCUT2D eigenvalue weighted by molar-refractivity contribution is 6.05. The number of allylic oxidation sites excluding steroid dienone is 1. The van der Waals surface area contributed by atoms with Crippen LogP contribution in [0, 0.1) is 0 Å². The summed E-state index contributed by atoms with van der Waals surface area (Å²) >= 11 is 0. The molecule has 170 valence electrons. The van der Waals surface area contributed by atoms with Crippen molar-refractivity contribution >= 4 is 28.1 Å². The van der Waals surface area contributed by atoms with Crippen LogP contribution in [0.4, 0.5) is 5.69 Å². The normalized spacial score (nSPS) is 14.5. The van der Waals surface area contributed by atoms with E-state index in [9.17, 15) is 4.79 Å². The van der Waals surface area contributed by atoms with Gasteiger partial charge in [-0.3, -0.25) is 4.79 Å². The molecule has 4 nitrogen and oxygen atoms in total. The van der Waals surface area contributed by atoms with E-state index < -0.39 is 0 Å². The van der Waals surface area contributed by atoms with Gasteiger partial charge in [0.2, 0.25) is 5.91 Å². The molecule has 34 heavy (non-hydrogen) atoms. The fraction of sp³-hybridized carbons (Fsp3) is 0.233. The summed E-state index contributed by atoms with van der Waals surface area (Å²) < 4.78 is 11.8. The Morgan fingerprint density at radius 3 is 2.71 bits per heavy atom. The molecule has 0 fully saturated rings. The molecule has 2 aliphatic rings. The number of ether oxygens (including phenoxy) is 1. The van der Waals surface area contributed by atoms with Crippen molar-refractivity contribution in [3.63, 3.8) is 0 Å². The van der Waals surface area contributed by atoms with Crippen LogP contribution in [0.15, 0.2) is 65.1 Å². The Balaban J connectivity index is 1.27. The van der Waals surface area contributed by atoms with Crippen molar-refractivity contribution in [1.82, 2.24) is 0 Å². The minimum atomic E-state index is -0.149. The molecule has 2 aliphatic carbocycles. The maximum absolute atomic E-state index is 12.9. The standard InChI is InChI=1S/C30H27NO3/c1-18(25-16-26-24-9-5-6-10-27(24)34-29(26)17-28(25)33-2)13-30(32)31-21-11-12-23-20(15-21)14-19-7-3-4-8-22(19)23/h3-4,7-8,11-13,15-17H,5-6,9-10,14H2,1-2H3,(H,31,32)/b18-13+. The Morgan fingerprint density at radius 2 is 1.82 bits per heavy atom. The molecule has 4 aromatic rings. The summed E-state index contributed by atoms with van der Waals surface area (Å²) in [6.45, 7) is 1.95. The van der Waals surface area contributed by atoms with Crippen LogP contribution >= 0.6 is 0 Å². The monoisotopic (exact) mass is 449 g/mol. The average Bonchev–Trinajstić information content (AvgIpc) is 3.40. The molecule has 1 aromatic heterocycles. The second-order valence-electron chi connectivity index (χ2n) is 9.28. The maximum atomic E-state index is 12.9. The second-order valence-corrected chi connectivity index (χ2v) is 9.28. The fourth-order valence-corrected chi connectivity index (χ4v) is 5.44. The number of carbonyl (C=O) groups is 1. The molecule has 1 amide bonds. The number of nitrogens with one attached hydrogen (secondary N) is 1. The van der Waals surface area contributed by atoms with Gasteiger partial charge in [0, 0.05) is 40.8 Å². The predicted molar refractivity (Wildman–Crippen MR) is 136 cm³/mol. The fourth-order valence-electron chi connectivity index (χ4n) is 5.44. The number of amides is 1. The lowest BCUT2D eigenvalue weighted by atomic mass is 9.94. The molecule has 1 N–H and O–H groups in total. The van der Waals surface area contributed by atoms with Gasteiger partial charge in [0.25, 0.3) is 0 Å². The molecule has 0 atom stereocenters. The molecule has 0 saturated carbocycles. The summed E-state index contributed by atoms with van der Waals surface area (Å²) in [6, 6.07) is 18.7. The largest absolute Gasteiger partial charge is 0.496 e. The van der Waals surface area contributed by atoms with Crippen LogP contribution in [0.25, 0.3) is 27.7 Å². The third kappa shape index (κ3) is 3.50. The Bertz CT molecular complexity index is 1470. The van der Waals surface area contributed by atoms with Crippen molar-refractivity contribution in [3.05, 3.63) is 88.7 Å². The highest BCUT2D eigenvalue weighted by Gasteiger charge is 2.21. The second kappa shape index (κ2) is 8.21. The van der Waals surface area contributed by atoms with E-state index in [1.54, 1.807) is 13.2 Å². The maximum Gasteiger partial charge on any atom is 0.248 e. The number of rotatable bonds is 4. The lowest BCUT2D eigenvalue weighted by Crippen LogP contribution is -2.09. The first kappa shape index (κ1) is 20.8. The van der Waals surface area contributed by atoms with Crippen LogP contribution < -0.4 is 10.1 Å². The Hall–Kier alpha value is -3.79. The third-order valence-electron chi connectivity index (χ3n) is 7.11. The summed E-state index contributed by atoms with van der Waals surface area (Å²) in [5.74, 6) is 1.67. The first-order valence-electron chi connectivity index (χ1n) is 11.9. The van der Waals surface area contributed by atoms with Gasteiger partial charge >= 0.3 is 0 Å². The zero-order valence-electron chi connectivity index (χ0n) is 19.5. The number of furan rings is 1. The van der Waals surface area contributed by atoms with Crippen LogP contribution in [-0.4, -0.2) is 13.0 Å². The quantitative estimate of drug-likeness (QED) is 0.303. The van der Waals surface area contributed by atoms with E-state index >= 15 is 0 Å². The van der Waals surface area contributed by atoms with Crippen molar-refractivity contribution < 1.29 is 13.9 Å². The smallest absolute Gasteiger partial charge is 0.248 e. The number of methoxy groups -OCH3 is 1. The van der Waals surface area contributed by atoms with Crippen molar-refractivity contribution in [2.24, 2.45) is 0 Å². The van der Waals surface area contributed by atoms with Gasteiger partial charge in [-0.25, -0.2) is 0 Å². The number of benzene rings is 3. The molecule has 0 aliphatic heterocycles. The van der Waals surface area contributed by atoms with Crippen molar-refractivity contribution in [2.75, 3.05) is 12.4 Å². The molecule has 1 heterocycles. The topological polar surface area (TPSA) is 51.5 Å². The molecule has 0 spiro atoms. The van der Waals surface area contributed by atoms with Crippen LogP contribution in [0.1, 0.15) is 47.8 Å². The van der Waals surface area contributed by atoms with E-state index in [1.807, 2.05) is 19.1 Å². The minimum absolute atomic E-state index is 0.149. The summed E-state index contributed by atoms with van der Waals surface area (Å²) in [4.78, 5) is 12.9. The Kier molecular flexibility index (Phi) is 5.02. The molecule has 0 saturated heterocycles. The summed E-state index contributed by atoms with van der Waals surface area (Å²) in [7, 11) is 1.66. The predicted octanol–water partition coefficient (Wildman–Crippen LogP) is 6.93. The number of anilines is 1. The van der Waals surface area contributed by atoms with Gasteiger partial charge in [0.1, 0.15) is 17.1 Å². The van der Waals surface area contributed by atoms with Gasteiger partial charge in [-0.05, 0) is 78.6 Å². The highest BCUT2D eigenvalue weighted by Crippen LogP contribution is 2.39. The molecule has 3 aromatic carbocycles. The number of carbonyl (C=O) groups excluding carboxylic acids is 1. The van der Waals surface area contributed by atoms with Crippen LogP contribution in [-0.2, 0) is 24.1 Å². The van der Waals surface area contributed by atoms with E-state index in [2.05, 4.69) is 47.8 Å². The number of fused-ring (bicyclic) bond motifs is 6. The average molecular weight is 450 g/mol. The molecular formula is C30H27NO3. The van der Waals surface area contributed by atoms with Crippen molar-refractivity contribution in [2.45, 2.75) is 39.0 Å². The lowest BCUT2D eigenvalue weighted by molar-refractivity contribution is -0.111. The van der Waals surface area contributed by atoms with Gasteiger partial charge in [0.15, 0.2) is 0 Å². The summed E-state index contributed by atoms with van der Waals surface area (Å²) in [5.41, 5.74) is 9.88. The first-order valence-corrected chi connectivity index (χ1v) is 11.9. The Labute approximate surface area is 199 Å². The zero-order valence-corrected chi connectivity index (χ0v) is 19.5. The lowest BCUT2D eigenvalue weighted by Gasteiger charge is -2.11. The third-order valence-corrected chi connectivity index (χ3v) is 7.11. The van der Waals surface area contributed by atoms with Gasteiger partial charge in [-0.15, -0.1) is 0 Å². The van der Waals surface area contributed by atoms with E-state index in [-0.39, 0.29) is 5.91 Å². The van der Waals surface area contributed by atoms with Crippen molar-refractivity contribution in [3.8, 4) is 16.9 Å². The summed E-state index contributed by atoms with van der Waals surface area (Å²) in [5, 5.41) is 4.18. The molecule has 0 radical (unpaired) electrons. The molecule has 0 unspecified atom stereocenters. The first-order chi connectivity index (χ1) is 16.6. The Morgan fingerprint density at radius 1 is 1.00 bits per heavy atom. The van der Waals surface area contributed by atoms with Crippen LogP contribution in [0.3, 0.4) is 0 Å². The van der Waals surface area contributed by atoms with Gasteiger partial charge in [-0.1, -0.05) is 30.3 Å². The van der Waals surface area contributed by atoms with Gasteiger partial charge in [-0.2, -0.15) is 0 Å². The number of aryl methyl sites for hydroxylation is 2. The van der Waals surface area contributed by atoms with E-state index in [0.29, 0.717) is 0 Å². The molecule has 6 rings (SSSR count). The minimum Gasteiger partial charge on any atom is -0.496 e. The summed E-state index contributed by atoms with van der Waals surface area (Å²) in [6.07, 6.45) is 6.94. The van der Waals surface area contributed by atoms with E-state index in [0.717, 1.165) is 58.6 Å². The van der Waals surface area contributed by atoms with Gasteiger partial charge in [0.05, 0.1) is 7.11 Å². The number of hydrogen-bond donors (Lipinski definition) is 1. The van der Waals surface area contributed by atoms with E-state index in [4.69, 9.17) is 9.15 Å². The molecule has 4 heteroatoms. The van der Waals surface area contributed by atoms with Crippen LogP contribution in [0.5, 0.6) is 5.75 Å². The zero-order chi connectivity index (χ0) is 23.2.